The Bertz CT molecular complexity index is 625. The molecule has 4 heteroatoms. The zero-order valence-corrected chi connectivity index (χ0v) is 10.4. The summed E-state index contributed by atoms with van der Waals surface area (Å²) >= 11 is 0. The molecule has 2 aromatic rings. The van der Waals surface area contributed by atoms with Gasteiger partial charge in [0.25, 0.3) is 5.69 Å². The monoisotopic (exact) mass is 254 g/mol. The molecule has 0 aromatic heterocycles. The maximum absolute atomic E-state index is 10.7. The fourth-order valence-electron chi connectivity index (χ4n) is 2.52. The Hall–Kier alpha value is -2.36. The molecule has 96 valence electrons. The summed E-state index contributed by atoms with van der Waals surface area (Å²) in [6, 6.07) is 15.1. The lowest BCUT2D eigenvalue weighted by molar-refractivity contribution is -0.384. The Morgan fingerprint density at radius 2 is 2.05 bits per heavy atom. The molecule has 0 amide bonds. The molecule has 3 rings (SSSR count). The van der Waals surface area contributed by atoms with Gasteiger partial charge in [-0.25, -0.2) is 0 Å². The first-order valence-electron chi connectivity index (χ1n) is 6.30. The topological polar surface area (TPSA) is 55.2 Å². The van der Waals surface area contributed by atoms with E-state index in [9.17, 15) is 10.1 Å². The number of nitro groups is 1. The van der Waals surface area contributed by atoms with Crippen LogP contribution in [0.2, 0.25) is 0 Å². The van der Waals surface area contributed by atoms with Gasteiger partial charge in [-0.2, -0.15) is 0 Å². The second kappa shape index (κ2) is 4.72. The number of fused-ring (bicyclic) bond motifs is 1. The molecular weight excluding hydrogens is 240 g/mol. The van der Waals surface area contributed by atoms with Crippen molar-refractivity contribution in [3.63, 3.8) is 0 Å². The molecule has 1 aliphatic carbocycles. The molecule has 4 nitrogen and oxygen atoms in total. The van der Waals surface area contributed by atoms with Crippen molar-refractivity contribution in [1.82, 2.24) is 0 Å². The van der Waals surface area contributed by atoms with Crippen molar-refractivity contribution in [2.24, 2.45) is 0 Å². The van der Waals surface area contributed by atoms with Crippen molar-refractivity contribution in [3.8, 4) is 0 Å². The smallest absolute Gasteiger partial charge is 0.271 e. The fraction of sp³-hybridized carbons (Fsp3) is 0.200. The third-order valence-corrected chi connectivity index (χ3v) is 3.57. The van der Waals surface area contributed by atoms with E-state index in [2.05, 4.69) is 29.6 Å². The number of rotatable bonds is 4. The number of non-ortho nitro benzene ring substituents is 1. The summed E-state index contributed by atoms with van der Waals surface area (Å²) in [5.74, 6) is 0.510. The van der Waals surface area contributed by atoms with Gasteiger partial charge < -0.3 is 5.32 Å². The van der Waals surface area contributed by atoms with E-state index in [4.69, 9.17) is 0 Å². The Balaban J connectivity index is 1.65. The van der Waals surface area contributed by atoms with Gasteiger partial charge in [-0.05, 0) is 23.6 Å². The number of nitrogens with zero attached hydrogens (tertiary/aromatic N) is 1. The average molecular weight is 254 g/mol. The molecule has 0 saturated heterocycles. The van der Waals surface area contributed by atoms with Crippen molar-refractivity contribution in [2.45, 2.75) is 12.3 Å². The van der Waals surface area contributed by atoms with Gasteiger partial charge >= 0.3 is 0 Å². The number of nitro benzene ring substituents is 1. The van der Waals surface area contributed by atoms with E-state index in [1.54, 1.807) is 12.1 Å². The summed E-state index contributed by atoms with van der Waals surface area (Å²) in [7, 11) is 0. The molecule has 1 N–H and O–H groups in total. The Morgan fingerprint density at radius 1 is 1.21 bits per heavy atom. The molecule has 0 fully saturated rings. The third-order valence-electron chi connectivity index (χ3n) is 3.57. The summed E-state index contributed by atoms with van der Waals surface area (Å²) in [6.45, 7) is 0.818. The van der Waals surface area contributed by atoms with Crippen LogP contribution in [0.25, 0.3) is 0 Å². The van der Waals surface area contributed by atoms with E-state index in [0.29, 0.717) is 5.92 Å². The first-order chi connectivity index (χ1) is 9.24. The van der Waals surface area contributed by atoms with Gasteiger partial charge in [0.1, 0.15) is 0 Å². The average Bonchev–Trinajstić information content (AvgIpc) is 2.40. The van der Waals surface area contributed by atoms with Crippen LogP contribution in [0.1, 0.15) is 17.0 Å². The van der Waals surface area contributed by atoms with Crippen molar-refractivity contribution < 1.29 is 4.92 Å². The number of benzene rings is 2. The van der Waals surface area contributed by atoms with Gasteiger partial charge in [-0.15, -0.1) is 0 Å². The van der Waals surface area contributed by atoms with Crippen LogP contribution in [0.15, 0.2) is 48.5 Å². The van der Waals surface area contributed by atoms with Gasteiger partial charge in [0.15, 0.2) is 0 Å². The molecule has 0 spiro atoms. The predicted octanol–water partition coefficient (Wildman–Crippen LogP) is 3.35. The minimum Gasteiger partial charge on any atom is -0.384 e. The second-order valence-electron chi connectivity index (χ2n) is 4.79. The summed E-state index contributed by atoms with van der Waals surface area (Å²) < 4.78 is 0. The largest absolute Gasteiger partial charge is 0.384 e. The molecule has 0 saturated carbocycles. The van der Waals surface area contributed by atoms with E-state index in [-0.39, 0.29) is 10.6 Å². The number of nitrogens with one attached hydrogen (secondary N) is 1. The van der Waals surface area contributed by atoms with Gasteiger partial charge in [0, 0.05) is 30.3 Å². The third kappa shape index (κ3) is 2.29. The molecule has 2 aromatic carbocycles. The van der Waals surface area contributed by atoms with Gasteiger partial charge in [-0.1, -0.05) is 30.3 Å². The zero-order chi connectivity index (χ0) is 13.2. The minimum atomic E-state index is -0.371. The quantitative estimate of drug-likeness (QED) is 0.672. The van der Waals surface area contributed by atoms with Crippen LogP contribution in [0, 0.1) is 10.1 Å². The second-order valence-corrected chi connectivity index (χ2v) is 4.79. The number of anilines is 1. The predicted molar refractivity (Wildman–Crippen MR) is 74.5 cm³/mol. The normalized spacial score (nSPS) is 16.3. The molecular formula is C15H14N2O2. The van der Waals surface area contributed by atoms with Gasteiger partial charge in [0.05, 0.1) is 4.92 Å². The fourth-order valence-corrected chi connectivity index (χ4v) is 2.52. The van der Waals surface area contributed by atoms with Crippen molar-refractivity contribution in [3.05, 3.63) is 69.8 Å². The molecule has 0 heterocycles. The van der Waals surface area contributed by atoms with Crippen LogP contribution in [-0.2, 0) is 6.42 Å². The molecule has 1 atom stereocenters. The van der Waals surface area contributed by atoms with E-state index >= 15 is 0 Å². The molecule has 0 radical (unpaired) electrons. The number of hydrogen-bond acceptors (Lipinski definition) is 3. The van der Waals surface area contributed by atoms with Crippen LogP contribution in [-0.4, -0.2) is 11.5 Å². The van der Waals surface area contributed by atoms with Crippen LogP contribution >= 0.6 is 0 Å². The molecule has 0 aliphatic heterocycles. The maximum atomic E-state index is 10.7. The first kappa shape index (κ1) is 11.7. The van der Waals surface area contributed by atoms with Gasteiger partial charge in [-0.3, -0.25) is 10.1 Å². The summed E-state index contributed by atoms with van der Waals surface area (Å²) in [6.07, 6.45) is 1.08. The van der Waals surface area contributed by atoms with Crippen LogP contribution in [0.4, 0.5) is 11.4 Å². The van der Waals surface area contributed by atoms with E-state index in [1.807, 2.05) is 6.07 Å². The van der Waals surface area contributed by atoms with Crippen LogP contribution < -0.4 is 5.32 Å². The molecule has 19 heavy (non-hydrogen) atoms. The minimum absolute atomic E-state index is 0.124. The standard InChI is InChI=1S/C15H14N2O2/c18-17(19)14-6-3-5-13(9-14)16-10-12-8-11-4-1-2-7-15(11)12/h1-7,9,12,16H,8,10H2. The lowest BCUT2D eigenvalue weighted by Gasteiger charge is -2.30. The Morgan fingerprint density at radius 3 is 2.84 bits per heavy atom. The first-order valence-corrected chi connectivity index (χ1v) is 6.30. The number of hydrogen-bond donors (Lipinski definition) is 1. The van der Waals surface area contributed by atoms with E-state index in [0.717, 1.165) is 18.7 Å². The Labute approximate surface area is 111 Å². The SMILES string of the molecule is O=[N+]([O-])c1cccc(NCC2Cc3ccccc32)c1. The van der Waals surface area contributed by atoms with Crippen molar-refractivity contribution in [1.29, 1.82) is 0 Å². The van der Waals surface area contributed by atoms with Crippen molar-refractivity contribution >= 4 is 11.4 Å². The summed E-state index contributed by atoms with van der Waals surface area (Å²) in [5, 5.41) is 14.0. The molecule has 1 aliphatic rings. The van der Waals surface area contributed by atoms with Crippen molar-refractivity contribution in [2.75, 3.05) is 11.9 Å². The maximum Gasteiger partial charge on any atom is 0.271 e. The lowest BCUT2D eigenvalue weighted by Crippen LogP contribution is -2.24. The highest BCUT2D eigenvalue weighted by Crippen LogP contribution is 2.34. The lowest BCUT2D eigenvalue weighted by atomic mass is 9.77. The molecule has 1 unspecified atom stereocenters. The summed E-state index contributed by atoms with van der Waals surface area (Å²) in [4.78, 5) is 10.3. The summed E-state index contributed by atoms with van der Waals surface area (Å²) in [5.41, 5.74) is 3.73. The zero-order valence-electron chi connectivity index (χ0n) is 10.4. The molecule has 0 bridgehead atoms. The van der Waals surface area contributed by atoms with E-state index in [1.165, 1.54) is 17.2 Å². The van der Waals surface area contributed by atoms with Crippen LogP contribution in [0.3, 0.4) is 0 Å². The highest BCUT2D eigenvalue weighted by atomic mass is 16.6. The Kier molecular flexibility index (Phi) is 2.91. The van der Waals surface area contributed by atoms with Crippen LogP contribution in [0.5, 0.6) is 0 Å². The van der Waals surface area contributed by atoms with E-state index < -0.39 is 0 Å². The highest BCUT2D eigenvalue weighted by Gasteiger charge is 2.24. The highest BCUT2D eigenvalue weighted by molar-refractivity contribution is 5.52. The van der Waals surface area contributed by atoms with Gasteiger partial charge in [0.2, 0.25) is 0 Å².